The molecule has 0 fully saturated rings. The number of pyridine rings is 1. The summed E-state index contributed by atoms with van der Waals surface area (Å²) in [5, 5.41) is 1.07. The summed E-state index contributed by atoms with van der Waals surface area (Å²) in [4.78, 5) is 16.1. The minimum absolute atomic E-state index is 0.00766. The summed E-state index contributed by atoms with van der Waals surface area (Å²) in [6, 6.07) is 8.72. The number of hydrogen-bond acceptors (Lipinski definition) is 2. The van der Waals surface area contributed by atoms with E-state index in [0.29, 0.717) is 15.6 Å². The van der Waals surface area contributed by atoms with Gasteiger partial charge in [-0.05, 0) is 36.8 Å². The fourth-order valence-corrected chi connectivity index (χ4v) is 2.05. The zero-order valence-corrected chi connectivity index (χ0v) is 11.3. The van der Waals surface area contributed by atoms with Crippen LogP contribution >= 0.6 is 23.2 Å². The molecule has 4 heteroatoms. The van der Waals surface area contributed by atoms with Gasteiger partial charge in [-0.3, -0.25) is 9.78 Å². The number of Topliss-reactive ketones (excluding diaryl/α,β-unsaturated/α-hetero) is 1. The van der Waals surface area contributed by atoms with Crippen LogP contribution in [-0.4, -0.2) is 10.8 Å². The highest BCUT2D eigenvalue weighted by Crippen LogP contribution is 2.22. The van der Waals surface area contributed by atoms with Gasteiger partial charge in [0.15, 0.2) is 5.78 Å². The Hall–Kier alpha value is -1.38. The van der Waals surface area contributed by atoms with Crippen LogP contribution in [0.2, 0.25) is 10.0 Å². The van der Waals surface area contributed by atoms with Crippen molar-refractivity contribution in [2.45, 2.75) is 13.3 Å². The Balaban J connectivity index is 2.18. The van der Waals surface area contributed by atoms with Crippen LogP contribution in [0, 0.1) is 6.92 Å². The van der Waals surface area contributed by atoms with E-state index in [4.69, 9.17) is 23.2 Å². The van der Waals surface area contributed by atoms with E-state index in [2.05, 4.69) is 4.98 Å². The van der Waals surface area contributed by atoms with E-state index < -0.39 is 0 Å². The van der Waals surface area contributed by atoms with Gasteiger partial charge in [-0.15, -0.1) is 0 Å². The second-order valence-electron chi connectivity index (χ2n) is 4.02. The SMILES string of the molecule is Cc1ccc(C(=O)Cc2ccc(Cl)cc2Cl)cn1. The van der Waals surface area contributed by atoms with E-state index in [9.17, 15) is 4.79 Å². The van der Waals surface area contributed by atoms with Crippen molar-refractivity contribution in [1.29, 1.82) is 0 Å². The Bertz CT molecular complexity index is 579. The number of hydrogen-bond donors (Lipinski definition) is 0. The topological polar surface area (TPSA) is 30.0 Å². The predicted octanol–water partition coefficient (Wildman–Crippen LogP) is 4.12. The molecule has 0 N–H and O–H groups in total. The summed E-state index contributed by atoms with van der Waals surface area (Å²) in [6.07, 6.45) is 1.84. The highest BCUT2D eigenvalue weighted by Gasteiger charge is 2.10. The molecule has 0 aliphatic heterocycles. The lowest BCUT2D eigenvalue weighted by atomic mass is 10.0. The minimum atomic E-state index is -0.00766. The van der Waals surface area contributed by atoms with Crippen LogP contribution < -0.4 is 0 Å². The van der Waals surface area contributed by atoms with Crippen LogP contribution in [0.1, 0.15) is 21.6 Å². The molecule has 2 aromatic rings. The number of nitrogens with zero attached hydrogens (tertiary/aromatic N) is 1. The van der Waals surface area contributed by atoms with Crippen molar-refractivity contribution in [2.24, 2.45) is 0 Å². The molecule has 0 bridgehead atoms. The standard InChI is InChI=1S/C14H11Cl2NO/c1-9-2-3-11(8-17-9)14(18)6-10-4-5-12(15)7-13(10)16/h2-5,7-8H,6H2,1H3. The van der Waals surface area contributed by atoms with E-state index in [1.165, 1.54) is 0 Å². The summed E-state index contributed by atoms with van der Waals surface area (Å²) in [5.74, 6) is -0.00766. The van der Waals surface area contributed by atoms with Crippen LogP contribution in [0.5, 0.6) is 0 Å². The van der Waals surface area contributed by atoms with E-state index in [-0.39, 0.29) is 12.2 Å². The molecule has 0 spiro atoms. The molecule has 0 aliphatic carbocycles. The Kier molecular flexibility index (Phi) is 4.00. The lowest BCUT2D eigenvalue weighted by Crippen LogP contribution is -2.04. The van der Waals surface area contributed by atoms with Crippen molar-refractivity contribution in [3.8, 4) is 0 Å². The van der Waals surface area contributed by atoms with E-state index in [1.54, 1.807) is 30.5 Å². The third-order valence-corrected chi connectivity index (χ3v) is 3.19. The maximum absolute atomic E-state index is 12.0. The van der Waals surface area contributed by atoms with Gasteiger partial charge in [0, 0.05) is 33.9 Å². The van der Waals surface area contributed by atoms with Gasteiger partial charge in [-0.1, -0.05) is 29.3 Å². The Labute approximate surface area is 116 Å². The number of rotatable bonds is 3. The largest absolute Gasteiger partial charge is 0.294 e. The maximum atomic E-state index is 12.0. The minimum Gasteiger partial charge on any atom is -0.294 e. The molecule has 2 nitrogen and oxygen atoms in total. The van der Waals surface area contributed by atoms with Crippen molar-refractivity contribution in [3.05, 3.63) is 63.4 Å². The molecule has 0 saturated heterocycles. The van der Waals surface area contributed by atoms with Crippen LogP contribution in [0.25, 0.3) is 0 Å². The maximum Gasteiger partial charge on any atom is 0.168 e. The summed E-state index contributed by atoms with van der Waals surface area (Å²) >= 11 is 11.8. The number of carbonyl (C=O) groups is 1. The number of halogens is 2. The molecule has 0 amide bonds. The number of aryl methyl sites for hydroxylation is 1. The molecule has 0 radical (unpaired) electrons. The normalized spacial score (nSPS) is 10.4. The van der Waals surface area contributed by atoms with E-state index in [1.807, 2.05) is 13.0 Å². The van der Waals surface area contributed by atoms with Gasteiger partial charge in [-0.2, -0.15) is 0 Å². The Morgan fingerprint density at radius 1 is 1.22 bits per heavy atom. The first-order chi connectivity index (χ1) is 8.56. The van der Waals surface area contributed by atoms with Gasteiger partial charge in [0.25, 0.3) is 0 Å². The van der Waals surface area contributed by atoms with Gasteiger partial charge in [0.2, 0.25) is 0 Å². The summed E-state index contributed by atoms with van der Waals surface area (Å²) in [7, 11) is 0. The molecule has 0 aliphatic rings. The number of ketones is 1. The van der Waals surface area contributed by atoms with Crippen LogP contribution in [0.3, 0.4) is 0 Å². The number of benzene rings is 1. The summed E-state index contributed by atoms with van der Waals surface area (Å²) < 4.78 is 0. The van der Waals surface area contributed by atoms with Crippen LogP contribution in [0.15, 0.2) is 36.5 Å². The smallest absolute Gasteiger partial charge is 0.168 e. The molecular formula is C14H11Cl2NO. The van der Waals surface area contributed by atoms with Crippen LogP contribution in [-0.2, 0) is 6.42 Å². The van der Waals surface area contributed by atoms with Gasteiger partial charge >= 0.3 is 0 Å². The third-order valence-electron chi connectivity index (χ3n) is 2.60. The van der Waals surface area contributed by atoms with E-state index >= 15 is 0 Å². The molecule has 0 atom stereocenters. The van der Waals surface area contributed by atoms with Gasteiger partial charge < -0.3 is 0 Å². The van der Waals surface area contributed by atoms with Crippen molar-refractivity contribution in [2.75, 3.05) is 0 Å². The third kappa shape index (κ3) is 3.09. The average molecular weight is 280 g/mol. The van der Waals surface area contributed by atoms with Gasteiger partial charge in [0.1, 0.15) is 0 Å². The number of aromatic nitrogens is 1. The van der Waals surface area contributed by atoms with Crippen molar-refractivity contribution in [1.82, 2.24) is 4.98 Å². The molecule has 18 heavy (non-hydrogen) atoms. The zero-order chi connectivity index (χ0) is 13.1. The molecule has 2 rings (SSSR count). The first-order valence-electron chi connectivity index (χ1n) is 5.46. The van der Waals surface area contributed by atoms with Crippen molar-refractivity contribution < 1.29 is 4.79 Å². The second-order valence-corrected chi connectivity index (χ2v) is 4.87. The highest BCUT2D eigenvalue weighted by atomic mass is 35.5. The fraction of sp³-hybridized carbons (Fsp3) is 0.143. The predicted molar refractivity (Wildman–Crippen MR) is 73.5 cm³/mol. The molecule has 92 valence electrons. The second kappa shape index (κ2) is 5.51. The average Bonchev–Trinajstić information content (AvgIpc) is 2.33. The molecular weight excluding hydrogens is 269 g/mol. The fourth-order valence-electron chi connectivity index (χ4n) is 1.57. The van der Waals surface area contributed by atoms with Crippen molar-refractivity contribution >= 4 is 29.0 Å². The molecule has 0 saturated carbocycles. The number of carbonyl (C=O) groups excluding carboxylic acids is 1. The molecule has 1 heterocycles. The zero-order valence-electron chi connectivity index (χ0n) is 9.78. The first kappa shape index (κ1) is 13.1. The van der Waals surface area contributed by atoms with Crippen LogP contribution in [0.4, 0.5) is 0 Å². The Morgan fingerprint density at radius 2 is 2.00 bits per heavy atom. The molecule has 1 aromatic heterocycles. The van der Waals surface area contributed by atoms with Crippen molar-refractivity contribution in [3.63, 3.8) is 0 Å². The monoisotopic (exact) mass is 279 g/mol. The Morgan fingerprint density at radius 3 is 2.61 bits per heavy atom. The van der Waals surface area contributed by atoms with Gasteiger partial charge in [0.05, 0.1) is 0 Å². The first-order valence-corrected chi connectivity index (χ1v) is 6.21. The highest BCUT2D eigenvalue weighted by molar-refractivity contribution is 6.35. The lowest BCUT2D eigenvalue weighted by Gasteiger charge is -2.04. The molecule has 0 unspecified atom stereocenters. The summed E-state index contributed by atoms with van der Waals surface area (Å²) in [5.41, 5.74) is 2.24. The molecule has 1 aromatic carbocycles. The lowest BCUT2D eigenvalue weighted by molar-refractivity contribution is 0.0992. The summed E-state index contributed by atoms with van der Waals surface area (Å²) in [6.45, 7) is 1.88. The quantitative estimate of drug-likeness (QED) is 0.791. The van der Waals surface area contributed by atoms with E-state index in [0.717, 1.165) is 11.3 Å². The van der Waals surface area contributed by atoms with Gasteiger partial charge in [-0.25, -0.2) is 0 Å².